The van der Waals surface area contributed by atoms with Gasteiger partial charge in [-0.05, 0) is 25.8 Å². The molecule has 1 heterocycles. The van der Waals surface area contributed by atoms with Gasteiger partial charge in [-0.25, -0.2) is 0 Å². The summed E-state index contributed by atoms with van der Waals surface area (Å²) in [6, 6.07) is 0. The van der Waals surface area contributed by atoms with Crippen molar-refractivity contribution in [1.82, 2.24) is 4.90 Å². The van der Waals surface area contributed by atoms with Crippen LogP contribution in [0.4, 0.5) is 0 Å². The van der Waals surface area contributed by atoms with Gasteiger partial charge in [0.15, 0.2) is 0 Å². The Hall–Kier alpha value is -0.280. The summed E-state index contributed by atoms with van der Waals surface area (Å²) in [7, 11) is 0. The fourth-order valence-electron chi connectivity index (χ4n) is 1.38. The van der Waals surface area contributed by atoms with E-state index in [4.69, 9.17) is 5.73 Å². The second-order valence-corrected chi connectivity index (χ2v) is 2.98. The topological polar surface area (TPSA) is 46.3 Å². The number of halogens is 1. The van der Waals surface area contributed by atoms with Gasteiger partial charge in [0.05, 0.1) is 0 Å². The summed E-state index contributed by atoms with van der Waals surface area (Å²) in [5, 5.41) is 0. The molecule has 4 heteroatoms. The van der Waals surface area contributed by atoms with Crippen molar-refractivity contribution in [3.05, 3.63) is 0 Å². The zero-order valence-corrected chi connectivity index (χ0v) is 8.11. The fourth-order valence-corrected chi connectivity index (χ4v) is 1.38. The molecule has 0 unspecified atom stereocenters. The van der Waals surface area contributed by atoms with E-state index in [1.165, 1.54) is 12.8 Å². The molecule has 0 radical (unpaired) electrons. The second-order valence-electron chi connectivity index (χ2n) is 2.98. The average molecular weight is 193 g/mol. The van der Waals surface area contributed by atoms with Crippen molar-refractivity contribution in [2.75, 3.05) is 19.6 Å². The Morgan fingerprint density at radius 1 is 1.33 bits per heavy atom. The van der Waals surface area contributed by atoms with Gasteiger partial charge in [-0.1, -0.05) is 0 Å². The van der Waals surface area contributed by atoms with Crippen molar-refractivity contribution >= 4 is 18.3 Å². The van der Waals surface area contributed by atoms with Crippen LogP contribution in [0.15, 0.2) is 0 Å². The smallest absolute Gasteiger partial charge is 0.222 e. The highest BCUT2D eigenvalue weighted by Gasteiger charge is 2.16. The van der Waals surface area contributed by atoms with Gasteiger partial charge in [0.2, 0.25) is 5.91 Å². The van der Waals surface area contributed by atoms with Gasteiger partial charge in [0, 0.05) is 19.5 Å². The molecular weight excluding hydrogens is 176 g/mol. The zero-order valence-electron chi connectivity index (χ0n) is 7.29. The molecule has 0 atom stereocenters. The summed E-state index contributed by atoms with van der Waals surface area (Å²) in [5.74, 6) is 0.285. The number of rotatable bonds is 3. The lowest BCUT2D eigenvalue weighted by Crippen LogP contribution is -2.27. The second kappa shape index (κ2) is 6.26. The van der Waals surface area contributed by atoms with Gasteiger partial charge in [-0.2, -0.15) is 0 Å². The largest absolute Gasteiger partial charge is 0.343 e. The van der Waals surface area contributed by atoms with E-state index < -0.39 is 0 Å². The molecule has 0 aromatic heterocycles. The van der Waals surface area contributed by atoms with Crippen LogP contribution in [0.25, 0.3) is 0 Å². The van der Waals surface area contributed by atoms with Crippen molar-refractivity contribution in [2.45, 2.75) is 25.7 Å². The molecule has 0 spiro atoms. The standard InChI is InChI=1S/C8H16N2O.ClH/c9-5-3-4-8(11)10-6-1-2-7-10;/h1-7,9H2;1H. The van der Waals surface area contributed by atoms with Crippen molar-refractivity contribution in [3.63, 3.8) is 0 Å². The van der Waals surface area contributed by atoms with Crippen LogP contribution in [-0.2, 0) is 4.79 Å². The summed E-state index contributed by atoms with van der Waals surface area (Å²) in [5.41, 5.74) is 5.30. The maximum absolute atomic E-state index is 11.3. The summed E-state index contributed by atoms with van der Waals surface area (Å²) >= 11 is 0. The molecule has 3 nitrogen and oxygen atoms in total. The Balaban J connectivity index is 0.00000121. The molecular formula is C8H17ClN2O. The van der Waals surface area contributed by atoms with E-state index in [1.807, 2.05) is 4.90 Å². The van der Waals surface area contributed by atoms with Crippen molar-refractivity contribution in [3.8, 4) is 0 Å². The van der Waals surface area contributed by atoms with Gasteiger partial charge < -0.3 is 10.6 Å². The Bertz CT molecular complexity index is 135. The van der Waals surface area contributed by atoms with E-state index in [-0.39, 0.29) is 18.3 Å². The minimum absolute atomic E-state index is 0. The van der Waals surface area contributed by atoms with E-state index in [0.717, 1.165) is 19.5 Å². The van der Waals surface area contributed by atoms with Gasteiger partial charge in [0.25, 0.3) is 0 Å². The summed E-state index contributed by atoms with van der Waals surface area (Å²) in [6.07, 6.45) is 3.81. The fraction of sp³-hybridized carbons (Fsp3) is 0.875. The van der Waals surface area contributed by atoms with Crippen LogP contribution >= 0.6 is 12.4 Å². The minimum atomic E-state index is 0. The molecule has 2 N–H and O–H groups in total. The Labute approximate surface area is 79.7 Å². The van der Waals surface area contributed by atoms with E-state index in [1.54, 1.807) is 0 Å². The first-order chi connectivity index (χ1) is 5.34. The third kappa shape index (κ3) is 3.41. The monoisotopic (exact) mass is 192 g/mol. The first-order valence-corrected chi connectivity index (χ1v) is 4.32. The molecule has 0 aromatic rings. The molecule has 1 aliphatic rings. The molecule has 1 amide bonds. The van der Waals surface area contributed by atoms with Gasteiger partial charge in [-0.15, -0.1) is 12.4 Å². The van der Waals surface area contributed by atoms with Crippen molar-refractivity contribution < 1.29 is 4.79 Å². The molecule has 0 aromatic carbocycles. The van der Waals surface area contributed by atoms with E-state index in [2.05, 4.69) is 0 Å². The highest BCUT2D eigenvalue weighted by molar-refractivity contribution is 5.85. The number of carbonyl (C=O) groups excluding carboxylic acids is 1. The van der Waals surface area contributed by atoms with Crippen molar-refractivity contribution in [1.29, 1.82) is 0 Å². The summed E-state index contributed by atoms with van der Waals surface area (Å²) in [6.45, 7) is 2.55. The summed E-state index contributed by atoms with van der Waals surface area (Å²) < 4.78 is 0. The highest BCUT2D eigenvalue weighted by atomic mass is 35.5. The molecule has 72 valence electrons. The predicted molar refractivity (Wildman–Crippen MR) is 51.4 cm³/mol. The van der Waals surface area contributed by atoms with Crippen LogP contribution in [0, 0.1) is 0 Å². The minimum Gasteiger partial charge on any atom is -0.343 e. The van der Waals surface area contributed by atoms with E-state index in [0.29, 0.717) is 13.0 Å². The van der Waals surface area contributed by atoms with Crippen LogP contribution in [-0.4, -0.2) is 30.4 Å². The third-order valence-electron chi connectivity index (χ3n) is 2.05. The van der Waals surface area contributed by atoms with Crippen LogP contribution in [0.3, 0.4) is 0 Å². The first-order valence-electron chi connectivity index (χ1n) is 4.32. The lowest BCUT2D eigenvalue weighted by atomic mass is 10.3. The lowest BCUT2D eigenvalue weighted by Gasteiger charge is -2.14. The van der Waals surface area contributed by atoms with E-state index in [9.17, 15) is 4.79 Å². The normalized spacial score (nSPS) is 15.9. The number of likely N-dealkylation sites (tertiary alicyclic amines) is 1. The zero-order chi connectivity index (χ0) is 8.10. The maximum Gasteiger partial charge on any atom is 0.222 e. The number of amides is 1. The SMILES string of the molecule is Cl.NCCCC(=O)N1CCCC1. The van der Waals surface area contributed by atoms with Gasteiger partial charge in [-0.3, -0.25) is 4.79 Å². The van der Waals surface area contributed by atoms with Crippen LogP contribution in [0.1, 0.15) is 25.7 Å². The Morgan fingerprint density at radius 3 is 2.42 bits per heavy atom. The maximum atomic E-state index is 11.3. The molecule has 1 rings (SSSR count). The number of hydrogen-bond acceptors (Lipinski definition) is 2. The molecule has 0 bridgehead atoms. The Morgan fingerprint density at radius 2 is 1.92 bits per heavy atom. The van der Waals surface area contributed by atoms with Crippen LogP contribution in [0.5, 0.6) is 0 Å². The molecule has 1 fully saturated rings. The van der Waals surface area contributed by atoms with Crippen molar-refractivity contribution in [2.24, 2.45) is 5.73 Å². The van der Waals surface area contributed by atoms with Gasteiger partial charge >= 0.3 is 0 Å². The number of carbonyl (C=O) groups is 1. The molecule has 1 saturated heterocycles. The van der Waals surface area contributed by atoms with E-state index >= 15 is 0 Å². The molecule has 1 aliphatic heterocycles. The predicted octanol–water partition coefficient (Wildman–Crippen LogP) is 0.770. The highest BCUT2D eigenvalue weighted by Crippen LogP contribution is 2.09. The quantitative estimate of drug-likeness (QED) is 0.718. The van der Waals surface area contributed by atoms with Gasteiger partial charge in [0.1, 0.15) is 0 Å². The van der Waals surface area contributed by atoms with Crippen LogP contribution in [0.2, 0.25) is 0 Å². The van der Waals surface area contributed by atoms with Crippen LogP contribution < -0.4 is 5.73 Å². The molecule has 0 saturated carbocycles. The molecule has 12 heavy (non-hydrogen) atoms. The average Bonchev–Trinajstić information content (AvgIpc) is 2.52. The molecule has 0 aliphatic carbocycles. The first kappa shape index (κ1) is 11.7. The third-order valence-corrected chi connectivity index (χ3v) is 2.05. The lowest BCUT2D eigenvalue weighted by molar-refractivity contribution is -0.130. The number of hydrogen-bond donors (Lipinski definition) is 1. The number of nitrogens with two attached hydrogens (primary N) is 1. The number of nitrogens with zero attached hydrogens (tertiary/aromatic N) is 1. The Kier molecular flexibility index (Phi) is 6.11. The summed E-state index contributed by atoms with van der Waals surface area (Å²) in [4.78, 5) is 13.2.